The molecule has 0 aromatic heterocycles. The fourth-order valence-corrected chi connectivity index (χ4v) is 6.42. The molecule has 0 bridgehead atoms. The second-order valence-electron chi connectivity index (χ2n) is 8.42. The first-order valence-corrected chi connectivity index (χ1v) is 11.9. The van der Waals surface area contributed by atoms with E-state index in [0.717, 1.165) is 32.1 Å². The van der Waals surface area contributed by atoms with Crippen LogP contribution in [-0.2, 0) is 19.6 Å². The Bertz CT molecular complexity index is 987. The van der Waals surface area contributed by atoms with Gasteiger partial charge in [0.2, 0.25) is 21.8 Å². The fraction of sp³-hybridized carbons (Fsp3) is 0.571. The number of hydrogen-bond donors (Lipinski definition) is 0. The molecule has 2 saturated heterocycles. The second-order valence-corrected chi connectivity index (χ2v) is 10.3. The van der Waals surface area contributed by atoms with Crippen LogP contribution in [0.5, 0.6) is 0 Å². The molecule has 1 aliphatic carbocycles. The van der Waals surface area contributed by atoms with E-state index in [1.165, 1.54) is 21.3 Å². The minimum atomic E-state index is -3.76. The van der Waals surface area contributed by atoms with E-state index in [0.29, 0.717) is 19.5 Å². The molecule has 160 valence electrons. The van der Waals surface area contributed by atoms with Gasteiger partial charge in [-0.3, -0.25) is 19.4 Å². The fourth-order valence-electron chi connectivity index (χ4n) is 4.86. The first-order valence-electron chi connectivity index (χ1n) is 10.4. The van der Waals surface area contributed by atoms with Crippen LogP contribution in [0.3, 0.4) is 0 Å². The zero-order valence-electron chi connectivity index (χ0n) is 16.9. The zero-order valence-corrected chi connectivity index (χ0v) is 17.7. The molecule has 2 heterocycles. The lowest BCUT2D eigenvalue weighted by Crippen LogP contribution is -2.52. The van der Waals surface area contributed by atoms with Crippen LogP contribution < -0.4 is 0 Å². The van der Waals surface area contributed by atoms with Crippen LogP contribution in [0, 0.1) is 16.7 Å². The third-order valence-corrected chi connectivity index (χ3v) is 8.55. The molecular weight excluding hydrogens is 404 g/mol. The Kier molecular flexibility index (Phi) is 5.66. The van der Waals surface area contributed by atoms with Crippen molar-refractivity contribution in [3.8, 4) is 6.07 Å². The first kappa shape index (κ1) is 21.0. The summed E-state index contributed by atoms with van der Waals surface area (Å²) in [6, 6.07) is 8.13. The smallest absolute Gasteiger partial charge is 0.244 e. The van der Waals surface area contributed by atoms with Crippen LogP contribution in [0.25, 0.3) is 0 Å². The van der Waals surface area contributed by atoms with Gasteiger partial charge in [-0.15, -0.1) is 0 Å². The molecule has 1 spiro atoms. The van der Waals surface area contributed by atoms with Gasteiger partial charge in [-0.1, -0.05) is 31.4 Å². The molecule has 4 rings (SSSR count). The van der Waals surface area contributed by atoms with Gasteiger partial charge in [0.15, 0.2) is 0 Å². The Labute approximate surface area is 177 Å². The highest BCUT2D eigenvalue weighted by Gasteiger charge is 2.51. The van der Waals surface area contributed by atoms with Gasteiger partial charge in [0.05, 0.1) is 22.5 Å². The van der Waals surface area contributed by atoms with E-state index in [-0.39, 0.29) is 42.0 Å². The number of sulfonamides is 1. The molecule has 0 radical (unpaired) electrons. The third-order valence-electron chi connectivity index (χ3n) is 6.60. The van der Waals surface area contributed by atoms with Gasteiger partial charge >= 0.3 is 0 Å². The molecule has 3 aliphatic rings. The standard InChI is InChI=1S/C21H26N4O4S/c22-15-17-6-2-3-7-18(17)30(28,29)24-12-10-23(11-13-24)16-25-19(26)14-21(20(25)27)8-4-1-5-9-21/h2-3,6-7H,1,4-5,8-14,16H2. The lowest BCUT2D eigenvalue weighted by atomic mass is 9.73. The van der Waals surface area contributed by atoms with Crippen LogP contribution in [0.15, 0.2) is 29.2 Å². The highest BCUT2D eigenvalue weighted by Crippen LogP contribution is 2.45. The molecule has 1 aromatic carbocycles. The number of hydrogen-bond acceptors (Lipinski definition) is 6. The summed E-state index contributed by atoms with van der Waals surface area (Å²) in [6.07, 6.45) is 5.00. The Balaban J connectivity index is 1.40. The van der Waals surface area contributed by atoms with Gasteiger partial charge in [0, 0.05) is 32.6 Å². The van der Waals surface area contributed by atoms with Crippen molar-refractivity contribution < 1.29 is 18.0 Å². The third kappa shape index (κ3) is 3.64. The number of carbonyl (C=O) groups is 2. The molecule has 8 nitrogen and oxygen atoms in total. The number of carbonyl (C=O) groups excluding carboxylic acids is 2. The summed E-state index contributed by atoms with van der Waals surface area (Å²) in [4.78, 5) is 28.9. The maximum Gasteiger partial charge on any atom is 0.244 e. The lowest BCUT2D eigenvalue weighted by Gasteiger charge is -2.36. The van der Waals surface area contributed by atoms with Crippen molar-refractivity contribution in [1.82, 2.24) is 14.1 Å². The van der Waals surface area contributed by atoms with Crippen LogP contribution in [0.4, 0.5) is 0 Å². The minimum absolute atomic E-state index is 0.0186. The number of benzene rings is 1. The van der Waals surface area contributed by atoms with Crippen LogP contribution in [0.2, 0.25) is 0 Å². The Hall–Kier alpha value is -2.28. The van der Waals surface area contributed by atoms with E-state index >= 15 is 0 Å². The maximum absolute atomic E-state index is 13.0. The minimum Gasteiger partial charge on any atom is -0.283 e. The van der Waals surface area contributed by atoms with Crippen LogP contribution in [-0.4, -0.2) is 67.2 Å². The van der Waals surface area contributed by atoms with E-state index < -0.39 is 15.4 Å². The normalized spacial score (nSPS) is 23.1. The van der Waals surface area contributed by atoms with Crippen molar-refractivity contribution in [2.75, 3.05) is 32.8 Å². The average Bonchev–Trinajstić information content (AvgIpc) is 2.98. The molecule has 0 atom stereocenters. The van der Waals surface area contributed by atoms with Gasteiger partial charge in [0.25, 0.3) is 0 Å². The number of imide groups is 1. The summed E-state index contributed by atoms with van der Waals surface area (Å²) < 4.78 is 27.3. The Morgan fingerprint density at radius 1 is 1.00 bits per heavy atom. The van der Waals surface area contributed by atoms with Gasteiger partial charge in [0.1, 0.15) is 6.07 Å². The molecule has 1 aromatic rings. The first-order chi connectivity index (χ1) is 14.4. The maximum atomic E-state index is 13.0. The monoisotopic (exact) mass is 430 g/mol. The molecule has 2 amide bonds. The summed E-state index contributed by atoms with van der Waals surface area (Å²) in [5, 5.41) is 9.23. The SMILES string of the molecule is N#Cc1ccccc1S(=O)(=O)N1CCN(CN2C(=O)CC3(CCCCC3)C2=O)CC1. The van der Waals surface area contributed by atoms with Gasteiger partial charge in [-0.2, -0.15) is 9.57 Å². The summed E-state index contributed by atoms with van der Waals surface area (Å²) in [6.45, 7) is 1.59. The summed E-state index contributed by atoms with van der Waals surface area (Å²) in [5.41, 5.74) is -0.368. The van der Waals surface area contributed by atoms with Gasteiger partial charge in [-0.25, -0.2) is 8.42 Å². The second kappa shape index (κ2) is 8.10. The highest BCUT2D eigenvalue weighted by molar-refractivity contribution is 7.89. The van der Waals surface area contributed by atoms with Crippen molar-refractivity contribution in [3.05, 3.63) is 29.8 Å². The van der Waals surface area contributed by atoms with Gasteiger partial charge < -0.3 is 0 Å². The quantitative estimate of drug-likeness (QED) is 0.672. The van der Waals surface area contributed by atoms with Crippen molar-refractivity contribution in [2.45, 2.75) is 43.4 Å². The summed E-state index contributed by atoms with van der Waals surface area (Å²) in [7, 11) is -3.76. The molecular formula is C21H26N4O4S. The van der Waals surface area contributed by atoms with E-state index in [1.807, 2.05) is 11.0 Å². The van der Waals surface area contributed by atoms with Crippen molar-refractivity contribution in [2.24, 2.45) is 5.41 Å². The molecule has 3 fully saturated rings. The molecule has 30 heavy (non-hydrogen) atoms. The number of likely N-dealkylation sites (tertiary alicyclic amines) is 1. The average molecular weight is 431 g/mol. The lowest BCUT2D eigenvalue weighted by molar-refractivity contribution is -0.145. The molecule has 0 N–H and O–H groups in total. The van der Waals surface area contributed by atoms with E-state index in [1.54, 1.807) is 12.1 Å². The summed E-state index contributed by atoms with van der Waals surface area (Å²) in [5.74, 6) is -0.162. The molecule has 9 heteroatoms. The Morgan fingerprint density at radius 2 is 1.67 bits per heavy atom. The van der Waals surface area contributed by atoms with Crippen LogP contribution >= 0.6 is 0 Å². The number of nitriles is 1. The number of rotatable bonds is 4. The van der Waals surface area contributed by atoms with E-state index in [9.17, 15) is 23.3 Å². The molecule has 2 aliphatic heterocycles. The predicted molar refractivity (Wildman–Crippen MR) is 108 cm³/mol. The van der Waals surface area contributed by atoms with Gasteiger partial charge in [-0.05, 0) is 25.0 Å². The molecule has 0 unspecified atom stereocenters. The topological polar surface area (TPSA) is 102 Å². The Morgan fingerprint density at radius 3 is 2.33 bits per heavy atom. The van der Waals surface area contributed by atoms with Crippen LogP contribution in [0.1, 0.15) is 44.1 Å². The number of amides is 2. The van der Waals surface area contributed by atoms with E-state index in [2.05, 4.69) is 0 Å². The number of nitrogens with zero attached hydrogens (tertiary/aromatic N) is 4. The largest absolute Gasteiger partial charge is 0.283 e. The molecule has 1 saturated carbocycles. The highest BCUT2D eigenvalue weighted by atomic mass is 32.2. The number of piperazine rings is 1. The van der Waals surface area contributed by atoms with Crippen molar-refractivity contribution in [1.29, 1.82) is 5.26 Å². The summed E-state index contributed by atoms with van der Waals surface area (Å²) >= 11 is 0. The predicted octanol–water partition coefficient (Wildman–Crippen LogP) is 1.53. The van der Waals surface area contributed by atoms with Crippen molar-refractivity contribution >= 4 is 21.8 Å². The van der Waals surface area contributed by atoms with Crippen molar-refractivity contribution in [3.63, 3.8) is 0 Å². The van der Waals surface area contributed by atoms with E-state index in [4.69, 9.17) is 0 Å². The zero-order chi connectivity index (χ0) is 21.4.